The molecule has 23 heavy (non-hydrogen) atoms. The number of piperazine rings is 1. The van der Waals surface area contributed by atoms with Crippen molar-refractivity contribution < 1.29 is 9.59 Å². The number of carbonyl (C=O) groups is 2. The van der Waals surface area contributed by atoms with E-state index in [4.69, 9.17) is 0 Å². The Balaban J connectivity index is 0.00000192. The predicted octanol–water partition coefficient (Wildman–Crippen LogP) is 1.39. The van der Waals surface area contributed by atoms with Gasteiger partial charge in [-0.25, -0.2) is 0 Å². The molecule has 2 fully saturated rings. The molecule has 0 bridgehead atoms. The van der Waals surface area contributed by atoms with Crippen LogP contribution in [0.1, 0.15) is 23.2 Å². The lowest BCUT2D eigenvalue weighted by molar-refractivity contribution is -0.131. The van der Waals surface area contributed by atoms with Gasteiger partial charge in [-0.2, -0.15) is 0 Å². The van der Waals surface area contributed by atoms with Crippen molar-refractivity contribution in [3.63, 3.8) is 0 Å². The number of halogens is 1. The van der Waals surface area contributed by atoms with Gasteiger partial charge in [-0.3, -0.25) is 9.59 Å². The quantitative estimate of drug-likeness (QED) is 0.883. The van der Waals surface area contributed by atoms with Crippen molar-refractivity contribution in [2.75, 3.05) is 39.3 Å². The van der Waals surface area contributed by atoms with Gasteiger partial charge in [0.25, 0.3) is 5.91 Å². The molecule has 2 aliphatic rings. The molecule has 1 aromatic rings. The SMILES string of the molecule is Cl.O=C(CNCC1CC1)N1CCN(C(=O)c2ccccc2)CC1. The van der Waals surface area contributed by atoms with Crippen LogP contribution in [0.2, 0.25) is 0 Å². The van der Waals surface area contributed by atoms with E-state index in [0.717, 1.165) is 12.5 Å². The number of hydrogen-bond donors (Lipinski definition) is 1. The van der Waals surface area contributed by atoms with Crippen molar-refractivity contribution in [1.29, 1.82) is 0 Å². The number of amides is 2. The van der Waals surface area contributed by atoms with Gasteiger partial charge in [0.2, 0.25) is 5.91 Å². The lowest BCUT2D eigenvalue weighted by Crippen LogP contribution is -2.52. The Hall–Kier alpha value is -1.59. The first-order valence-corrected chi connectivity index (χ1v) is 8.07. The lowest BCUT2D eigenvalue weighted by atomic mass is 10.2. The van der Waals surface area contributed by atoms with E-state index in [0.29, 0.717) is 38.3 Å². The van der Waals surface area contributed by atoms with E-state index >= 15 is 0 Å². The second kappa shape index (κ2) is 8.31. The van der Waals surface area contributed by atoms with Crippen molar-refractivity contribution >= 4 is 24.2 Å². The smallest absolute Gasteiger partial charge is 0.253 e. The number of benzene rings is 1. The molecule has 6 heteroatoms. The van der Waals surface area contributed by atoms with E-state index in [2.05, 4.69) is 5.32 Å². The van der Waals surface area contributed by atoms with E-state index in [9.17, 15) is 9.59 Å². The lowest BCUT2D eigenvalue weighted by Gasteiger charge is -2.35. The zero-order chi connectivity index (χ0) is 15.4. The van der Waals surface area contributed by atoms with Crippen molar-refractivity contribution in [2.45, 2.75) is 12.8 Å². The fraction of sp³-hybridized carbons (Fsp3) is 0.529. The molecule has 1 saturated heterocycles. The number of hydrogen-bond acceptors (Lipinski definition) is 3. The molecule has 1 aliphatic heterocycles. The third-order valence-corrected chi connectivity index (χ3v) is 4.35. The summed E-state index contributed by atoms with van der Waals surface area (Å²) in [4.78, 5) is 28.1. The van der Waals surface area contributed by atoms with Gasteiger partial charge < -0.3 is 15.1 Å². The van der Waals surface area contributed by atoms with Gasteiger partial charge in [0.15, 0.2) is 0 Å². The highest BCUT2D eigenvalue weighted by Gasteiger charge is 2.25. The minimum Gasteiger partial charge on any atom is -0.338 e. The minimum atomic E-state index is 0. The number of carbonyl (C=O) groups excluding carboxylic acids is 2. The Labute approximate surface area is 143 Å². The van der Waals surface area contributed by atoms with Crippen LogP contribution in [0, 0.1) is 5.92 Å². The third-order valence-electron chi connectivity index (χ3n) is 4.35. The molecule has 1 aliphatic carbocycles. The first-order valence-electron chi connectivity index (χ1n) is 8.07. The van der Waals surface area contributed by atoms with E-state index in [1.165, 1.54) is 12.8 Å². The van der Waals surface area contributed by atoms with Crippen molar-refractivity contribution in [2.24, 2.45) is 5.92 Å². The zero-order valence-electron chi connectivity index (χ0n) is 13.2. The normalized spacial score (nSPS) is 17.6. The van der Waals surface area contributed by atoms with Gasteiger partial charge >= 0.3 is 0 Å². The highest BCUT2D eigenvalue weighted by molar-refractivity contribution is 5.94. The van der Waals surface area contributed by atoms with Gasteiger partial charge in [-0.05, 0) is 37.4 Å². The van der Waals surface area contributed by atoms with Crippen LogP contribution in [-0.2, 0) is 4.79 Å². The molecule has 0 unspecified atom stereocenters. The fourth-order valence-corrected chi connectivity index (χ4v) is 2.74. The van der Waals surface area contributed by atoms with Gasteiger partial charge in [0.1, 0.15) is 0 Å². The zero-order valence-corrected chi connectivity index (χ0v) is 14.1. The Bertz CT molecular complexity index is 526. The predicted molar refractivity (Wildman–Crippen MR) is 91.8 cm³/mol. The van der Waals surface area contributed by atoms with Gasteiger partial charge in [0, 0.05) is 31.7 Å². The van der Waals surface area contributed by atoms with E-state index < -0.39 is 0 Å². The van der Waals surface area contributed by atoms with Gasteiger partial charge in [-0.15, -0.1) is 12.4 Å². The second-order valence-corrected chi connectivity index (χ2v) is 6.11. The minimum absolute atomic E-state index is 0. The molecule has 0 atom stereocenters. The number of nitrogens with one attached hydrogen (secondary N) is 1. The van der Waals surface area contributed by atoms with E-state index in [1.54, 1.807) is 0 Å². The molecule has 0 spiro atoms. The summed E-state index contributed by atoms with van der Waals surface area (Å²) in [6, 6.07) is 9.32. The number of rotatable bonds is 5. The summed E-state index contributed by atoms with van der Waals surface area (Å²) in [7, 11) is 0. The molecule has 2 amide bonds. The number of nitrogens with zero attached hydrogens (tertiary/aromatic N) is 2. The van der Waals surface area contributed by atoms with Crippen LogP contribution < -0.4 is 5.32 Å². The highest BCUT2D eigenvalue weighted by atomic mass is 35.5. The Morgan fingerprint density at radius 3 is 2.22 bits per heavy atom. The molecule has 1 N–H and O–H groups in total. The van der Waals surface area contributed by atoms with E-state index in [-0.39, 0.29) is 24.2 Å². The van der Waals surface area contributed by atoms with Crippen molar-refractivity contribution in [3.8, 4) is 0 Å². The van der Waals surface area contributed by atoms with Crippen LogP contribution in [0.5, 0.6) is 0 Å². The van der Waals surface area contributed by atoms with Crippen LogP contribution in [0.3, 0.4) is 0 Å². The van der Waals surface area contributed by atoms with Crippen LogP contribution in [-0.4, -0.2) is 60.9 Å². The fourth-order valence-electron chi connectivity index (χ4n) is 2.74. The molecule has 3 rings (SSSR count). The first-order chi connectivity index (χ1) is 10.7. The van der Waals surface area contributed by atoms with Crippen LogP contribution >= 0.6 is 12.4 Å². The molecular weight excluding hydrogens is 314 g/mol. The van der Waals surface area contributed by atoms with Crippen molar-refractivity contribution in [1.82, 2.24) is 15.1 Å². The van der Waals surface area contributed by atoms with Crippen LogP contribution in [0.4, 0.5) is 0 Å². The average Bonchev–Trinajstić information content (AvgIpc) is 3.39. The third kappa shape index (κ3) is 4.94. The Morgan fingerprint density at radius 2 is 1.61 bits per heavy atom. The molecular formula is C17H24ClN3O2. The largest absolute Gasteiger partial charge is 0.338 e. The van der Waals surface area contributed by atoms with E-state index in [1.807, 2.05) is 40.1 Å². The highest BCUT2D eigenvalue weighted by Crippen LogP contribution is 2.27. The maximum Gasteiger partial charge on any atom is 0.253 e. The molecule has 1 heterocycles. The van der Waals surface area contributed by atoms with Crippen molar-refractivity contribution in [3.05, 3.63) is 35.9 Å². The molecule has 0 aromatic heterocycles. The second-order valence-electron chi connectivity index (χ2n) is 6.11. The summed E-state index contributed by atoms with van der Waals surface area (Å²) in [5.41, 5.74) is 0.716. The average molecular weight is 338 g/mol. The maximum atomic E-state index is 12.3. The summed E-state index contributed by atoms with van der Waals surface area (Å²) in [6.07, 6.45) is 2.59. The summed E-state index contributed by atoms with van der Waals surface area (Å²) in [5.74, 6) is 0.986. The van der Waals surface area contributed by atoms with Gasteiger partial charge in [-0.1, -0.05) is 18.2 Å². The monoisotopic (exact) mass is 337 g/mol. The standard InChI is InChI=1S/C17H23N3O2.ClH/c21-16(13-18-12-14-6-7-14)19-8-10-20(11-9-19)17(22)15-4-2-1-3-5-15;/h1-5,14,18H,6-13H2;1H. The maximum absolute atomic E-state index is 12.3. The van der Waals surface area contributed by atoms with Crippen LogP contribution in [0.15, 0.2) is 30.3 Å². The molecule has 5 nitrogen and oxygen atoms in total. The Kier molecular flexibility index (Phi) is 6.42. The molecule has 1 aromatic carbocycles. The Morgan fingerprint density at radius 1 is 1.00 bits per heavy atom. The molecule has 126 valence electrons. The summed E-state index contributed by atoms with van der Waals surface area (Å²) < 4.78 is 0. The summed E-state index contributed by atoms with van der Waals surface area (Å²) >= 11 is 0. The van der Waals surface area contributed by atoms with Crippen LogP contribution in [0.25, 0.3) is 0 Å². The van der Waals surface area contributed by atoms with Gasteiger partial charge in [0.05, 0.1) is 6.54 Å². The summed E-state index contributed by atoms with van der Waals surface area (Å²) in [5, 5.41) is 3.23. The first kappa shape index (κ1) is 17.8. The summed E-state index contributed by atoms with van der Waals surface area (Å²) in [6.45, 7) is 3.86. The molecule has 1 saturated carbocycles. The topological polar surface area (TPSA) is 52.7 Å². The molecule has 0 radical (unpaired) electrons.